The van der Waals surface area contributed by atoms with Gasteiger partial charge in [-0.25, -0.2) is 0 Å². The first-order valence-corrected chi connectivity index (χ1v) is 27.4. The van der Waals surface area contributed by atoms with Gasteiger partial charge in [0.25, 0.3) is 6.71 Å². The minimum Gasteiger partial charge on any atom is -0.334 e. The Morgan fingerprint density at radius 2 is 0.890 bits per heavy atom. The van der Waals surface area contributed by atoms with Crippen molar-refractivity contribution in [1.82, 2.24) is 0 Å². The van der Waals surface area contributed by atoms with E-state index in [1.54, 1.807) is 0 Å². The molecule has 3 heterocycles. The zero-order chi connectivity index (χ0) is 52.2. The van der Waals surface area contributed by atoms with Crippen LogP contribution in [-0.2, 0) is 32.5 Å². The number of rotatable bonds is 4. The highest BCUT2D eigenvalue weighted by atomic mass is 15.3. The van der Waals surface area contributed by atoms with Gasteiger partial charge in [0.05, 0.1) is 11.2 Å². The molecule has 7 aromatic carbocycles. The van der Waals surface area contributed by atoms with E-state index in [1.165, 1.54) is 119 Å². The predicted molar refractivity (Wildman–Crippen MR) is 318 cm³/mol. The Labute approximate surface area is 440 Å². The van der Waals surface area contributed by atoms with Crippen molar-refractivity contribution in [2.75, 3.05) is 14.7 Å². The molecule has 11 rings (SSSR count). The minimum absolute atomic E-state index is 0.00745. The fraction of sp³-hybridized carbons (Fsp3) is 0.391. The summed E-state index contributed by atoms with van der Waals surface area (Å²) in [5, 5.41) is 0. The molecule has 73 heavy (non-hydrogen) atoms. The van der Waals surface area contributed by atoms with Crippen LogP contribution >= 0.6 is 0 Å². The summed E-state index contributed by atoms with van der Waals surface area (Å²) in [5.74, 6) is 0. The molecule has 0 bridgehead atoms. The first kappa shape index (κ1) is 49.2. The zero-order valence-electron chi connectivity index (χ0n) is 47.3. The van der Waals surface area contributed by atoms with E-state index in [1.807, 2.05) is 0 Å². The summed E-state index contributed by atoms with van der Waals surface area (Å²) < 4.78 is 0. The molecule has 1 aliphatic carbocycles. The minimum atomic E-state index is -0.143. The smallest absolute Gasteiger partial charge is 0.252 e. The van der Waals surface area contributed by atoms with Gasteiger partial charge in [-0.3, -0.25) is 0 Å². The molecule has 1 fully saturated rings. The molecule has 374 valence electrons. The van der Waals surface area contributed by atoms with E-state index in [9.17, 15) is 0 Å². The van der Waals surface area contributed by atoms with E-state index in [2.05, 4.69) is 272 Å². The number of anilines is 8. The van der Waals surface area contributed by atoms with Crippen molar-refractivity contribution in [3.8, 4) is 11.1 Å². The molecular weight excluding hydrogens is 882 g/mol. The third-order valence-electron chi connectivity index (χ3n) is 17.9. The first-order chi connectivity index (χ1) is 34.1. The quantitative estimate of drug-likeness (QED) is 0.163. The largest absolute Gasteiger partial charge is 0.334 e. The lowest BCUT2D eigenvalue weighted by molar-refractivity contribution is 0.330. The highest BCUT2D eigenvalue weighted by Crippen LogP contribution is 2.63. The van der Waals surface area contributed by atoms with Gasteiger partial charge in [-0.2, -0.15) is 0 Å². The molecule has 0 spiro atoms. The summed E-state index contributed by atoms with van der Waals surface area (Å²) in [6, 6.07) is 55.6. The highest BCUT2D eigenvalue weighted by molar-refractivity contribution is 7.00. The van der Waals surface area contributed by atoms with Crippen molar-refractivity contribution in [3.63, 3.8) is 0 Å². The van der Waals surface area contributed by atoms with Crippen molar-refractivity contribution in [3.05, 3.63) is 173 Å². The van der Waals surface area contributed by atoms with Crippen molar-refractivity contribution in [2.45, 2.75) is 175 Å². The van der Waals surface area contributed by atoms with Crippen molar-refractivity contribution in [2.24, 2.45) is 0 Å². The summed E-state index contributed by atoms with van der Waals surface area (Å²) in [5.41, 5.74) is 24.5. The lowest BCUT2D eigenvalue weighted by Gasteiger charge is -2.47. The Morgan fingerprint density at radius 1 is 0.397 bits per heavy atom. The van der Waals surface area contributed by atoms with E-state index in [0.717, 1.165) is 6.42 Å². The molecule has 0 radical (unpaired) electrons. The van der Waals surface area contributed by atoms with Crippen LogP contribution in [0.2, 0.25) is 0 Å². The maximum atomic E-state index is 2.82. The average molecular weight is 962 g/mol. The first-order valence-electron chi connectivity index (χ1n) is 27.4. The molecule has 0 N–H and O–H groups in total. The summed E-state index contributed by atoms with van der Waals surface area (Å²) in [6.45, 7) is 40.5. The second-order valence-corrected chi connectivity index (χ2v) is 28.0. The van der Waals surface area contributed by atoms with Crippen molar-refractivity contribution in [1.29, 1.82) is 0 Å². The Bertz CT molecular complexity index is 3340. The van der Waals surface area contributed by atoms with Gasteiger partial charge >= 0.3 is 0 Å². The van der Waals surface area contributed by atoms with Gasteiger partial charge in [0.15, 0.2) is 0 Å². The molecule has 4 heteroatoms. The molecule has 0 saturated heterocycles. The van der Waals surface area contributed by atoms with Crippen LogP contribution in [0.3, 0.4) is 0 Å². The number of hydrogen-bond donors (Lipinski definition) is 0. The van der Waals surface area contributed by atoms with Gasteiger partial charge in [0.2, 0.25) is 0 Å². The number of hydrogen-bond acceptors (Lipinski definition) is 3. The van der Waals surface area contributed by atoms with E-state index in [4.69, 9.17) is 0 Å². The Kier molecular flexibility index (Phi) is 11.0. The lowest BCUT2D eigenvalue weighted by Crippen LogP contribution is -2.61. The van der Waals surface area contributed by atoms with Crippen molar-refractivity contribution >= 4 is 68.6 Å². The summed E-state index contributed by atoms with van der Waals surface area (Å²) in [7, 11) is 0. The molecule has 4 aliphatic rings. The summed E-state index contributed by atoms with van der Waals surface area (Å²) in [4.78, 5) is 8.19. The Hall–Kier alpha value is -6.00. The topological polar surface area (TPSA) is 9.72 Å². The van der Waals surface area contributed by atoms with Gasteiger partial charge in [-0.05, 0) is 157 Å². The van der Waals surface area contributed by atoms with Crippen LogP contribution in [0.5, 0.6) is 0 Å². The van der Waals surface area contributed by atoms with Gasteiger partial charge in [-0.1, -0.05) is 202 Å². The fourth-order valence-electron chi connectivity index (χ4n) is 13.2. The van der Waals surface area contributed by atoms with Crippen LogP contribution in [0, 0.1) is 0 Å². The highest BCUT2D eigenvalue weighted by Gasteiger charge is 2.60. The van der Waals surface area contributed by atoms with Crippen LogP contribution in [0.25, 0.3) is 11.1 Å². The number of nitrogens with zero attached hydrogens (tertiary/aromatic N) is 3. The molecule has 2 atom stereocenters. The van der Waals surface area contributed by atoms with Crippen LogP contribution < -0.4 is 31.1 Å². The fourth-order valence-corrected chi connectivity index (χ4v) is 13.2. The molecule has 3 aliphatic heterocycles. The van der Waals surface area contributed by atoms with Crippen LogP contribution in [-0.4, -0.2) is 12.3 Å². The predicted octanol–water partition coefficient (Wildman–Crippen LogP) is 17.3. The maximum Gasteiger partial charge on any atom is 0.252 e. The average Bonchev–Trinajstić information content (AvgIpc) is 3.72. The Balaban J connectivity index is 1.31. The van der Waals surface area contributed by atoms with Gasteiger partial charge in [-0.15, -0.1) is 0 Å². The van der Waals surface area contributed by atoms with E-state index < -0.39 is 0 Å². The van der Waals surface area contributed by atoms with Gasteiger partial charge in [0, 0.05) is 50.8 Å². The molecule has 3 nitrogen and oxygen atoms in total. The SMILES string of the molecule is CC(C)(C)c1cccc(N2c3cc(C(C)(C)C)ccc3B3c4ccc(C(C)(C)C)cc4N(c4ccc(C(C)(C)C)cc4-c4ccccc4)c4cc(N5c6ccc(C(C)(C)C)cc6C6(C)CCCC56C)cc2c43)c1. The van der Waals surface area contributed by atoms with E-state index in [-0.39, 0.29) is 44.7 Å². The second-order valence-electron chi connectivity index (χ2n) is 28.0. The monoisotopic (exact) mass is 962 g/mol. The molecular formula is C69H80BN3. The summed E-state index contributed by atoms with van der Waals surface area (Å²) >= 11 is 0. The van der Waals surface area contributed by atoms with Crippen LogP contribution in [0.1, 0.15) is 170 Å². The molecule has 1 saturated carbocycles. The molecule has 0 amide bonds. The Morgan fingerprint density at radius 3 is 1.47 bits per heavy atom. The third kappa shape index (κ3) is 7.73. The van der Waals surface area contributed by atoms with E-state index >= 15 is 0 Å². The lowest BCUT2D eigenvalue weighted by atomic mass is 9.33. The van der Waals surface area contributed by atoms with E-state index in [0.29, 0.717) is 0 Å². The van der Waals surface area contributed by atoms with Crippen LogP contribution in [0.4, 0.5) is 45.5 Å². The summed E-state index contributed by atoms with van der Waals surface area (Å²) in [6.07, 6.45) is 3.50. The molecule has 7 aromatic rings. The maximum absolute atomic E-state index is 2.82. The van der Waals surface area contributed by atoms with Gasteiger partial charge < -0.3 is 14.7 Å². The number of fused-ring (bicyclic) bond motifs is 7. The normalized spacial score (nSPS) is 19.4. The zero-order valence-corrected chi connectivity index (χ0v) is 47.3. The van der Waals surface area contributed by atoms with Gasteiger partial charge in [0.1, 0.15) is 0 Å². The molecule has 0 aromatic heterocycles. The van der Waals surface area contributed by atoms with Crippen LogP contribution in [0.15, 0.2) is 140 Å². The second kappa shape index (κ2) is 16.3. The number of benzene rings is 7. The standard InChI is InChI=1S/C69H80BN3/c1-63(2,3)45-25-21-26-50(37-45)71-58-40-48(66(10,11)12)27-31-54(58)70-55-32-28-49(67(13,14)15)41-59(55)72(56-33-29-46(64(4,5)6)38-52(56)44-23-19-18-20-24-44)61-43-51(42-60(71)62(61)70)73-57-34-30-47(65(7,8)9)39-53(57)68(16)35-22-36-69(68,73)17/h18-21,23-34,37-43H,22,35-36H2,1-17H3. The third-order valence-corrected chi connectivity index (χ3v) is 17.9. The molecule has 2 unspecified atom stereocenters. The van der Waals surface area contributed by atoms with Crippen molar-refractivity contribution < 1.29 is 0 Å².